The highest BCUT2D eigenvalue weighted by molar-refractivity contribution is 6.60. The minimum Gasteiger partial charge on any atom is -0.508 e. The van der Waals surface area contributed by atoms with E-state index in [0.717, 1.165) is 18.8 Å². The van der Waals surface area contributed by atoms with Gasteiger partial charge in [0.1, 0.15) is 5.75 Å². The van der Waals surface area contributed by atoms with Crippen molar-refractivity contribution in [2.45, 2.75) is 18.4 Å². The van der Waals surface area contributed by atoms with Crippen molar-refractivity contribution in [2.75, 3.05) is 19.3 Å². The van der Waals surface area contributed by atoms with Crippen molar-refractivity contribution in [3.8, 4) is 5.75 Å². The first-order valence-corrected chi connectivity index (χ1v) is 9.22. The Bertz CT molecular complexity index is 555. The average Bonchev–Trinajstić information content (AvgIpc) is 2.76. The lowest BCUT2D eigenvalue weighted by molar-refractivity contribution is -0.126. The summed E-state index contributed by atoms with van der Waals surface area (Å²) in [5, 5.41) is 14.3. The molecule has 0 unspecified atom stereocenters. The molecule has 1 atom stereocenters. The maximum absolute atomic E-state index is 12.1. The Morgan fingerprint density at radius 1 is 1.40 bits per heavy atom. The minimum absolute atomic E-state index is 0.0824. The highest BCUT2D eigenvalue weighted by Gasteiger charge is 2.40. The highest BCUT2D eigenvalue weighted by atomic mass is 35.5. The third-order valence-corrected chi connectivity index (χ3v) is 7.57. The van der Waals surface area contributed by atoms with Crippen molar-refractivity contribution in [1.82, 2.24) is 9.88 Å². The standard InChI is InChI=1S/C13H15Cl2N2O2Si/c14-9-1-2-10(18)12(13(9)15)8-5-17-11(19)3-4-16-7-20(17)6-8/h1-2,8,16,18H,3-7H2/t8-/m1/s1. The number of benzene rings is 1. The molecule has 0 aliphatic carbocycles. The van der Waals surface area contributed by atoms with E-state index < -0.39 is 8.96 Å². The van der Waals surface area contributed by atoms with Gasteiger partial charge in [0.15, 0.2) is 8.96 Å². The average molecular weight is 330 g/mol. The highest BCUT2D eigenvalue weighted by Crippen LogP contribution is 2.42. The predicted molar refractivity (Wildman–Crippen MR) is 80.6 cm³/mol. The normalized spacial score (nSPS) is 23.8. The van der Waals surface area contributed by atoms with E-state index in [4.69, 9.17) is 23.2 Å². The molecule has 1 radical (unpaired) electrons. The fourth-order valence-corrected chi connectivity index (χ4v) is 6.30. The lowest BCUT2D eigenvalue weighted by atomic mass is 9.99. The molecule has 0 spiro atoms. The molecular formula is C13H15Cl2N2O2Si. The lowest BCUT2D eigenvalue weighted by Gasteiger charge is -2.20. The molecule has 20 heavy (non-hydrogen) atoms. The van der Waals surface area contributed by atoms with Crippen molar-refractivity contribution in [2.24, 2.45) is 0 Å². The number of fused-ring (bicyclic) bond motifs is 1. The summed E-state index contributed by atoms with van der Waals surface area (Å²) in [6, 6.07) is 4.07. The first kappa shape index (κ1) is 14.2. The summed E-state index contributed by atoms with van der Waals surface area (Å²) < 4.78 is 2.01. The number of rotatable bonds is 1. The largest absolute Gasteiger partial charge is 0.508 e. The summed E-state index contributed by atoms with van der Waals surface area (Å²) in [4.78, 5) is 12.1. The van der Waals surface area contributed by atoms with Gasteiger partial charge in [0.2, 0.25) is 5.91 Å². The number of amides is 1. The van der Waals surface area contributed by atoms with Gasteiger partial charge in [-0.3, -0.25) is 4.79 Å². The Morgan fingerprint density at radius 3 is 3.00 bits per heavy atom. The fraction of sp³-hybridized carbons (Fsp3) is 0.462. The molecule has 107 valence electrons. The van der Waals surface area contributed by atoms with Crippen molar-refractivity contribution >= 4 is 38.1 Å². The molecule has 0 aromatic heterocycles. The van der Waals surface area contributed by atoms with E-state index in [-0.39, 0.29) is 17.6 Å². The van der Waals surface area contributed by atoms with E-state index in [0.29, 0.717) is 28.6 Å². The van der Waals surface area contributed by atoms with Gasteiger partial charge in [-0.2, -0.15) is 0 Å². The van der Waals surface area contributed by atoms with Crippen LogP contribution in [-0.2, 0) is 4.79 Å². The number of hydrogen-bond acceptors (Lipinski definition) is 3. The van der Waals surface area contributed by atoms with Crippen LogP contribution >= 0.6 is 23.2 Å². The van der Waals surface area contributed by atoms with Gasteiger partial charge in [0.25, 0.3) is 0 Å². The molecule has 2 heterocycles. The Morgan fingerprint density at radius 2 is 2.20 bits per heavy atom. The minimum atomic E-state index is -0.920. The maximum Gasteiger partial charge on any atom is 0.215 e. The zero-order valence-corrected chi connectivity index (χ0v) is 13.3. The predicted octanol–water partition coefficient (Wildman–Crippen LogP) is 2.15. The third-order valence-electron chi connectivity index (χ3n) is 3.93. The first-order chi connectivity index (χ1) is 9.58. The summed E-state index contributed by atoms with van der Waals surface area (Å²) in [6.45, 7) is 1.40. The molecule has 0 saturated carbocycles. The molecule has 2 saturated heterocycles. The monoisotopic (exact) mass is 329 g/mol. The number of carbonyl (C=O) groups excluding carboxylic acids is 1. The first-order valence-electron chi connectivity index (χ1n) is 6.60. The van der Waals surface area contributed by atoms with Gasteiger partial charge in [-0.15, -0.1) is 0 Å². The number of nitrogens with one attached hydrogen (secondary N) is 1. The molecule has 1 aromatic rings. The van der Waals surface area contributed by atoms with Crippen LogP contribution in [0.2, 0.25) is 16.1 Å². The summed E-state index contributed by atoms with van der Waals surface area (Å²) in [5.74, 6) is 0.466. The molecule has 7 heteroatoms. The van der Waals surface area contributed by atoms with Crippen LogP contribution in [0.4, 0.5) is 0 Å². The van der Waals surface area contributed by atoms with Crippen LogP contribution in [0.5, 0.6) is 5.75 Å². The number of phenolic OH excluding ortho intramolecular Hbond substituents is 1. The van der Waals surface area contributed by atoms with E-state index in [1.54, 1.807) is 12.1 Å². The maximum atomic E-state index is 12.1. The Kier molecular flexibility index (Phi) is 3.95. The molecule has 1 aromatic carbocycles. The Balaban J connectivity index is 1.91. The van der Waals surface area contributed by atoms with Crippen molar-refractivity contribution < 1.29 is 9.90 Å². The zero-order valence-electron chi connectivity index (χ0n) is 10.8. The van der Waals surface area contributed by atoms with Crippen LogP contribution in [-0.4, -0.2) is 43.8 Å². The van der Waals surface area contributed by atoms with Gasteiger partial charge in [-0.25, -0.2) is 0 Å². The fourth-order valence-electron chi connectivity index (χ4n) is 2.96. The second-order valence-corrected chi connectivity index (χ2v) is 8.41. The van der Waals surface area contributed by atoms with E-state index >= 15 is 0 Å². The Hall–Kier alpha value is -0.753. The van der Waals surface area contributed by atoms with E-state index in [9.17, 15) is 9.90 Å². The molecule has 0 bridgehead atoms. The quantitative estimate of drug-likeness (QED) is 0.776. The SMILES string of the molecule is O=C1CCNC[Si]2C[C@H](c3c(O)ccc(Cl)c3Cl)CN12. The number of nitrogens with zero attached hydrogens (tertiary/aromatic N) is 1. The molecule has 2 N–H and O–H groups in total. The molecule has 2 aliphatic heterocycles. The van der Waals surface area contributed by atoms with Crippen molar-refractivity contribution in [3.63, 3.8) is 0 Å². The van der Waals surface area contributed by atoms with E-state index in [1.165, 1.54) is 0 Å². The summed E-state index contributed by atoms with van der Waals surface area (Å²) in [6.07, 6.45) is 1.45. The summed E-state index contributed by atoms with van der Waals surface area (Å²) in [5.41, 5.74) is 0.692. The van der Waals surface area contributed by atoms with Gasteiger partial charge in [-0.1, -0.05) is 23.2 Å². The van der Waals surface area contributed by atoms with Crippen molar-refractivity contribution in [1.29, 1.82) is 0 Å². The van der Waals surface area contributed by atoms with Gasteiger partial charge in [-0.05, 0) is 18.2 Å². The van der Waals surface area contributed by atoms with Crippen LogP contribution in [0.25, 0.3) is 0 Å². The molecule has 1 amide bonds. The smallest absolute Gasteiger partial charge is 0.215 e. The molecule has 4 nitrogen and oxygen atoms in total. The number of hydrogen-bond donors (Lipinski definition) is 2. The molecular weight excluding hydrogens is 315 g/mol. The van der Waals surface area contributed by atoms with E-state index in [1.807, 2.05) is 4.57 Å². The number of aromatic hydroxyl groups is 1. The summed E-state index contributed by atoms with van der Waals surface area (Å²) >= 11 is 12.3. The second kappa shape index (κ2) is 5.56. The zero-order chi connectivity index (χ0) is 14.3. The second-order valence-electron chi connectivity index (χ2n) is 5.19. The van der Waals surface area contributed by atoms with Crippen molar-refractivity contribution in [3.05, 3.63) is 27.7 Å². The van der Waals surface area contributed by atoms with Crippen LogP contribution in [0, 0.1) is 0 Å². The van der Waals surface area contributed by atoms with Gasteiger partial charge < -0.3 is 15.0 Å². The van der Waals surface area contributed by atoms with Crippen LogP contribution in [0.1, 0.15) is 17.9 Å². The van der Waals surface area contributed by atoms with Gasteiger partial charge >= 0.3 is 0 Å². The van der Waals surface area contributed by atoms with E-state index in [2.05, 4.69) is 5.32 Å². The molecule has 2 fully saturated rings. The van der Waals surface area contributed by atoms with Crippen LogP contribution in [0.3, 0.4) is 0 Å². The van der Waals surface area contributed by atoms with Gasteiger partial charge in [0.05, 0.1) is 10.0 Å². The third kappa shape index (κ3) is 2.43. The Labute approximate surface area is 129 Å². The van der Waals surface area contributed by atoms with Gasteiger partial charge in [0, 0.05) is 37.2 Å². The van der Waals surface area contributed by atoms with Crippen LogP contribution < -0.4 is 5.32 Å². The summed E-state index contributed by atoms with van der Waals surface area (Å²) in [7, 11) is -0.920. The number of halogens is 2. The number of phenols is 1. The number of carbonyl (C=O) groups is 1. The molecule has 2 aliphatic rings. The van der Waals surface area contributed by atoms with Crippen LogP contribution in [0.15, 0.2) is 12.1 Å². The lowest BCUT2D eigenvalue weighted by Crippen LogP contribution is -2.41. The topological polar surface area (TPSA) is 52.6 Å². The molecule has 3 rings (SSSR count).